The van der Waals surface area contributed by atoms with Gasteiger partial charge in [0.05, 0.1) is 24.6 Å². The molecule has 0 spiro atoms. The van der Waals surface area contributed by atoms with E-state index < -0.39 is 0 Å². The van der Waals surface area contributed by atoms with E-state index in [0.717, 1.165) is 35.4 Å². The van der Waals surface area contributed by atoms with Crippen LogP contribution in [0.2, 0.25) is 0 Å². The fourth-order valence-electron chi connectivity index (χ4n) is 4.54. The van der Waals surface area contributed by atoms with Crippen LogP contribution in [0.4, 0.5) is 5.82 Å². The van der Waals surface area contributed by atoms with Crippen LogP contribution in [0.3, 0.4) is 0 Å². The van der Waals surface area contributed by atoms with Gasteiger partial charge in [0.1, 0.15) is 17.0 Å². The predicted octanol–water partition coefficient (Wildman–Crippen LogP) is 4.11. The first-order chi connectivity index (χ1) is 19.5. The van der Waals surface area contributed by atoms with Crippen LogP contribution in [-0.2, 0) is 22.5 Å². The number of hydrogen-bond acceptors (Lipinski definition) is 9. The molecule has 1 fully saturated rings. The Labute approximate surface area is 242 Å². The Morgan fingerprint density at radius 2 is 2.05 bits per heavy atom. The summed E-state index contributed by atoms with van der Waals surface area (Å²) in [5.41, 5.74) is 6.16. The summed E-state index contributed by atoms with van der Waals surface area (Å²) >= 11 is 1.73. The molecule has 4 N–H and O–H groups in total. The Balaban J connectivity index is 0.00000103. The maximum Gasteiger partial charge on any atom is 0.222 e. The zero-order valence-corrected chi connectivity index (χ0v) is 24.6. The van der Waals surface area contributed by atoms with Crippen molar-refractivity contribution in [1.82, 2.24) is 20.0 Å². The highest BCUT2D eigenvalue weighted by Gasteiger charge is 2.31. The number of aromatic nitrogens is 2. The standard InChI is InChI=1S/C27H36N6O2S.C3H7N/c1-3-5-13-33(28)35-16-9-12-25(34)31-14-15-32(22(19-31)17-21-10-7-6-8-11-21)26-24-18-23(4-2)36-27(24)30-20-29-26;1-2-3-4/h3,5-8,10-11,18,20,22H,4,9,12-17,19,28H2,1-2H3;2H,1,3-4H2/b5-3-;. The van der Waals surface area contributed by atoms with E-state index in [-0.39, 0.29) is 11.9 Å². The van der Waals surface area contributed by atoms with Gasteiger partial charge in [0.25, 0.3) is 0 Å². The number of nitrogens with two attached hydrogens (primary N) is 2. The third-order valence-corrected chi connectivity index (χ3v) is 7.80. The number of piperazine rings is 1. The summed E-state index contributed by atoms with van der Waals surface area (Å²) in [5, 5.41) is 2.41. The number of fused-ring (bicyclic) bond motifs is 1. The highest BCUT2D eigenvalue weighted by Crippen LogP contribution is 2.33. The molecule has 216 valence electrons. The number of amides is 1. The van der Waals surface area contributed by atoms with E-state index in [1.54, 1.807) is 23.7 Å². The van der Waals surface area contributed by atoms with E-state index in [0.29, 0.717) is 45.6 Å². The number of aryl methyl sites for hydroxylation is 1. The van der Waals surface area contributed by atoms with Crippen molar-refractivity contribution in [2.45, 2.75) is 45.6 Å². The average Bonchev–Trinajstić information content (AvgIpc) is 3.43. The second-order valence-corrected chi connectivity index (χ2v) is 10.6. The molecule has 3 heterocycles. The summed E-state index contributed by atoms with van der Waals surface area (Å²) in [5.74, 6) is 6.91. The average molecular weight is 566 g/mol. The second kappa shape index (κ2) is 16.8. The third-order valence-electron chi connectivity index (χ3n) is 6.61. The molecular weight excluding hydrogens is 522 g/mol. The molecule has 1 saturated heterocycles. The minimum Gasteiger partial charge on any atom is -0.349 e. The van der Waals surface area contributed by atoms with E-state index in [1.165, 1.54) is 15.6 Å². The first kappa shape index (κ1) is 31.4. The number of carbonyl (C=O) groups excluding carboxylic acids is 1. The summed E-state index contributed by atoms with van der Waals surface area (Å²) < 4.78 is 0. The van der Waals surface area contributed by atoms with Gasteiger partial charge in [-0.15, -0.1) is 23.1 Å². The van der Waals surface area contributed by atoms with Gasteiger partial charge in [-0.25, -0.2) is 15.8 Å². The summed E-state index contributed by atoms with van der Waals surface area (Å²) in [4.78, 5) is 34.5. The molecule has 1 aliphatic rings. The maximum atomic E-state index is 13.1. The number of rotatable bonds is 12. The van der Waals surface area contributed by atoms with Crippen molar-refractivity contribution in [3.05, 3.63) is 78.0 Å². The van der Waals surface area contributed by atoms with Gasteiger partial charge >= 0.3 is 0 Å². The monoisotopic (exact) mass is 565 g/mol. The van der Waals surface area contributed by atoms with Crippen LogP contribution in [-0.4, -0.2) is 71.3 Å². The van der Waals surface area contributed by atoms with Crippen molar-refractivity contribution < 1.29 is 9.63 Å². The summed E-state index contributed by atoms with van der Waals surface area (Å²) in [6.07, 6.45) is 10.1. The Morgan fingerprint density at radius 1 is 1.27 bits per heavy atom. The molecule has 0 aliphatic carbocycles. The Kier molecular flexibility index (Phi) is 13.2. The topological polar surface area (TPSA) is 114 Å². The number of hydroxylamine groups is 1. The smallest absolute Gasteiger partial charge is 0.222 e. The molecule has 1 atom stereocenters. The van der Waals surface area contributed by atoms with Crippen LogP contribution in [0.15, 0.2) is 67.5 Å². The summed E-state index contributed by atoms with van der Waals surface area (Å²) in [6, 6.07) is 12.8. The van der Waals surface area contributed by atoms with Crippen LogP contribution < -0.4 is 16.5 Å². The number of nitrogens with zero attached hydrogens (tertiary/aromatic N) is 5. The number of carbonyl (C=O) groups is 1. The highest BCUT2D eigenvalue weighted by molar-refractivity contribution is 7.18. The Hall–Kier alpha value is -3.15. The number of thiophene rings is 1. The first-order valence-electron chi connectivity index (χ1n) is 13.9. The molecule has 4 rings (SSSR count). The van der Waals surface area contributed by atoms with Gasteiger partial charge in [-0.2, -0.15) is 0 Å². The number of allylic oxidation sites excluding steroid dienone is 1. The van der Waals surface area contributed by atoms with E-state index in [1.807, 2.05) is 30.0 Å². The molecule has 2 aromatic heterocycles. The quantitative estimate of drug-likeness (QED) is 0.146. The van der Waals surface area contributed by atoms with Gasteiger partial charge in [0.2, 0.25) is 5.91 Å². The predicted molar refractivity (Wildman–Crippen MR) is 165 cm³/mol. The normalized spacial score (nSPS) is 15.5. The number of benzene rings is 1. The fraction of sp³-hybridized carbons (Fsp3) is 0.433. The van der Waals surface area contributed by atoms with E-state index >= 15 is 0 Å². The van der Waals surface area contributed by atoms with Crippen LogP contribution in [0, 0.1) is 0 Å². The lowest BCUT2D eigenvalue weighted by Gasteiger charge is -2.42. The number of anilines is 1. The molecule has 0 radical (unpaired) electrons. The SMILES string of the molecule is C/C=C\CN(N)OCCCC(=O)N1CCN(c2ncnc3sc(CC)cc23)C(Cc2ccccc2)C1.C=CCN. The van der Waals surface area contributed by atoms with Crippen molar-refractivity contribution in [1.29, 1.82) is 0 Å². The van der Waals surface area contributed by atoms with Crippen LogP contribution in [0.1, 0.15) is 37.1 Å². The fourth-order valence-corrected chi connectivity index (χ4v) is 5.47. The Morgan fingerprint density at radius 3 is 2.75 bits per heavy atom. The van der Waals surface area contributed by atoms with Crippen LogP contribution >= 0.6 is 11.3 Å². The lowest BCUT2D eigenvalue weighted by molar-refractivity contribution is -0.157. The number of hydrogen-bond donors (Lipinski definition) is 2. The zero-order chi connectivity index (χ0) is 28.7. The lowest BCUT2D eigenvalue weighted by Crippen LogP contribution is -2.56. The molecule has 0 saturated carbocycles. The van der Waals surface area contributed by atoms with E-state index in [2.05, 4.69) is 53.7 Å². The molecule has 1 amide bonds. The summed E-state index contributed by atoms with van der Waals surface area (Å²) in [7, 11) is 0. The molecule has 1 unspecified atom stereocenters. The first-order valence-corrected chi connectivity index (χ1v) is 14.7. The summed E-state index contributed by atoms with van der Waals surface area (Å²) in [6.45, 7) is 11.1. The highest BCUT2D eigenvalue weighted by atomic mass is 32.1. The van der Waals surface area contributed by atoms with Crippen molar-refractivity contribution in [3.8, 4) is 0 Å². The number of hydrazine groups is 1. The minimum atomic E-state index is 0.129. The van der Waals surface area contributed by atoms with Gasteiger partial charge in [-0.1, -0.05) is 55.5 Å². The van der Waals surface area contributed by atoms with Gasteiger partial charge in [0.15, 0.2) is 0 Å². The lowest BCUT2D eigenvalue weighted by atomic mass is 10.0. The second-order valence-electron chi connectivity index (χ2n) is 9.49. The van der Waals surface area contributed by atoms with Crippen molar-refractivity contribution in [2.75, 3.05) is 44.2 Å². The maximum absolute atomic E-state index is 13.1. The van der Waals surface area contributed by atoms with Crippen LogP contribution in [0.5, 0.6) is 0 Å². The Bertz CT molecular complexity index is 1220. The van der Waals surface area contributed by atoms with Crippen molar-refractivity contribution >= 4 is 33.3 Å². The van der Waals surface area contributed by atoms with Gasteiger partial charge < -0.3 is 15.5 Å². The van der Waals surface area contributed by atoms with E-state index in [4.69, 9.17) is 21.4 Å². The van der Waals surface area contributed by atoms with Gasteiger partial charge in [0, 0.05) is 37.5 Å². The molecule has 40 heavy (non-hydrogen) atoms. The third kappa shape index (κ3) is 9.21. The molecule has 1 aromatic carbocycles. The van der Waals surface area contributed by atoms with E-state index in [9.17, 15) is 4.79 Å². The van der Waals surface area contributed by atoms with Gasteiger partial charge in [-0.05, 0) is 37.8 Å². The van der Waals surface area contributed by atoms with Crippen LogP contribution in [0.25, 0.3) is 10.2 Å². The minimum absolute atomic E-state index is 0.129. The van der Waals surface area contributed by atoms with Gasteiger partial charge in [-0.3, -0.25) is 9.63 Å². The molecule has 0 bridgehead atoms. The molecular formula is C30H43N7O2S. The molecule has 3 aromatic rings. The molecule has 1 aliphatic heterocycles. The molecule has 10 heteroatoms. The zero-order valence-electron chi connectivity index (χ0n) is 23.7. The molecule has 9 nitrogen and oxygen atoms in total. The van der Waals surface area contributed by atoms with Crippen molar-refractivity contribution in [2.24, 2.45) is 11.6 Å². The largest absolute Gasteiger partial charge is 0.349 e. The van der Waals surface area contributed by atoms with Crippen molar-refractivity contribution in [3.63, 3.8) is 0 Å².